The molecule has 2 aliphatic rings. The number of carbonyl (C=O) groups is 1. The molecule has 1 amide bonds. The van der Waals surface area contributed by atoms with Crippen molar-refractivity contribution in [2.24, 2.45) is 11.1 Å². The standard InChI is InChI=1S/C21H31ClN2O2.ClH/c22-18-7-3-2-6-17(18)21(10-12-26-13-11-21)16-24-19(25)14-20(15-23)8-4-1-5-9-20;/h2-3,6-7H,1,4-5,8-16,23H2,(H,24,25);1H. The SMILES string of the molecule is Cl.NCC1(CC(=O)NCC2(c3ccccc3Cl)CCOCC2)CCCCC1. The summed E-state index contributed by atoms with van der Waals surface area (Å²) in [5.41, 5.74) is 7.02. The Labute approximate surface area is 174 Å². The van der Waals surface area contributed by atoms with Gasteiger partial charge in [-0.15, -0.1) is 12.4 Å². The Hall–Kier alpha value is -0.810. The first-order chi connectivity index (χ1) is 12.6. The van der Waals surface area contributed by atoms with Gasteiger partial charge < -0.3 is 15.8 Å². The molecule has 4 nitrogen and oxygen atoms in total. The van der Waals surface area contributed by atoms with E-state index < -0.39 is 0 Å². The molecule has 1 saturated heterocycles. The minimum absolute atomic E-state index is 0. The lowest BCUT2D eigenvalue weighted by Gasteiger charge is -2.39. The number of ether oxygens (including phenoxy) is 1. The van der Waals surface area contributed by atoms with E-state index in [-0.39, 0.29) is 29.1 Å². The average molecular weight is 415 g/mol. The van der Waals surface area contributed by atoms with Crippen molar-refractivity contribution in [1.82, 2.24) is 5.32 Å². The number of halogens is 2. The number of rotatable bonds is 6. The zero-order valence-corrected chi connectivity index (χ0v) is 17.5. The van der Waals surface area contributed by atoms with Gasteiger partial charge >= 0.3 is 0 Å². The van der Waals surface area contributed by atoms with Gasteiger partial charge in [0.25, 0.3) is 0 Å². The fourth-order valence-electron chi connectivity index (χ4n) is 4.62. The lowest BCUT2D eigenvalue weighted by molar-refractivity contribution is -0.124. The van der Waals surface area contributed by atoms with Gasteiger partial charge in [0, 0.05) is 36.6 Å². The van der Waals surface area contributed by atoms with Gasteiger partial charge in [-0.05, 0) is 49.3 Å². The molecular weight excluding hydrogens is 383 g/mol. The molecule has 0 atom stereocenters. The van der Waals surface area contributed by atoms with E-state index in [9.17, 15) is 4.79 Å². The molecule has 1 aromatic carbocycles. The van der Waals surface area contributed by atoms with Gasteiger partial charge in [-0.2, -0.15) is 0 Å². The average Bonchev–Trinajstić information content (AvgIpc) is 2.68. The van der Waals surface area contributed by atoms with Gasteiger partial charge in [0.2, 0.25) is 5.91 Å². The molecular formula is C21H32Cl2N2O2. The Balaban J connectivity index is 0.00000261. The van der Waals surface area contributed by atoms with Gasteiger partial charge in [0.05, 0.1) is 0 Å². The first-order valence-electron chi connectivity index (χ1n) is 9.89. The van der Waals surface area contributed by atoms with Crippen LogP contribution in [-0.4, -0.2) is 32.2 Å². The largest absolute Gasteiger partial charge is 0.381 e. The molecule has 1 saturated carbocycles. The summed E-state index contributed by atoms with van der Waals surface area (Å²) < 4.78 is 5.58. The van der Waals surface area contributed by atoms with Crippen LogP contribution in [0.1, 0.15) is 56.9 Å². The summed E-state index contributed by atoms with van der Waals surface area (Å²) in [7, 11) is 0. The van der Waals surface area contributed by atoms with Crippen molar-refractivity contribution in [2.45, 2.75) is 56.8 Å². The highest BCUT2D eigenvalue weighted by Gasteiger charge is 2.38. The Bertz CT molecular complexity index is 612. The summed E-state index contributed by atoms with van der Waals surface area (Å²) in [6.07, 6.45) is 8.06. The van der Waals surface area contributed by atoms with Crippen molar-refractivity contribution in [2.75, 3.05) is 26.3 Å². The fourth-order valence-corrected chi connectivity index (χ4v) is 4.96. The number of benzene rings is 1. The van der Waals surface area contributed by atoms with E-state index >= 15 is 0 Å². The third-order valence-electron chi connectivity index (χ3n) is 6.40. The molecule has 1 aliphatic carbocycles. The maximum absolute atomic E-state index is 12.7. The number of hydrogen-bond donors (Lipinski definition) is 2. The Morgan fingerprint density at radius 1 is 1.11 bits per heavy atom. The highest BCUT2D eigenvalue weighted by atomic mass is 35.5. The van der Waals surface area contributed by atoms with Crippen LogP contribution in [0, 0.1) is 5.41 Å². The monoisotopic (exact) mass is 414 g/mol. The fraction of sp³-hybridized carbons (Fsp3) is 0.667. The van der Waals surface area contributed by atoms with Gasteiger partial charge in [-0.3, -0.25) is 4.79 Å². The number of nitrogens with one attached hydrogen (secondary N) is 1. The first-order valence-corrected chi connectivity index (χ1v) is 10.3. The van der Waals surface area contributed by atoms with Crippen LogP contribution in [-0.2, 0) is 14.9 Å². The van der Waals surface area contributed by atoms with E-state index in [1.165, 1.54) is 19.3 Å². The predicted octanol–water partition coefficient (Wildman–Crippen LogP) is 4.23. The highest BCUT2D eigenvalue weighted by molar-refractivity contribution is 6.31. The molecule has 0 aromatic heterocycles. The van der Waals surface area contributed by atoms with Crippen LogP contribution >= 0.6 is 24.0 Å². The normalized spacial score (nSPS) is 21.1. The van der Waals surface area contributed by atoms with Gasteiger partial charge in [-0.1, -0.05) is 49.1 Å². The third kappa shape index (κ3) is 5.38. The van der Waals surface area contributed by atoms with E-state index in [0.29, 0.717) is 32.7 Å². The van der Waals surface area contributed by atoms with E-state index in [1.54, 1.807) is 0 Å². The lowest BCUT2D eigenvalue weighted by atomic mass is 9.71. The van der Waals surface area contributed by atoms with E-state index in [2.05, 4.69) is 11.4 Å². The van der Waals surface area contributed by atoms with Crippen LogP contribution in [0.25, 0.3) is 0 Å². The smallest absolute Gasteiger partial charge is 0.220 e. The summed E-state index contributed by atoms with van der Waals surface area (Å²) in [6.45, 7) is 2.62. The Kier molecular flexibility index (Phi) is 8.41. The van der Waals surface area contributed by atoms with Crippen molar-refractivity contribution >= 4 is 29.9 Å². The molecule has 1 heterocycles. The van der Waals surface area contributed by atoms with Crippen molar-refractivity contribution < 1.29 is 9.53 Å². The molecule has 1 aromatic rings. The quantitative estimate of drug-likeness (QED) is 0.731. The third-order valence-corrected chi connectivity index (χ3v) is 6.73. The van der Waals surface area contributed by atoms with Crippen LogP contribution in [0.2, 0.25) is 5.02 Å². The number of nitrogens with two attached hydrogens (primary N) is 1. The van der Waals surface area contributed by atoms with Crippen LogP contribution < -0.4 is 11.1 Å². The molecule has 0 radical (unpaired) electrons. The number of amides is 1. The maximum Gasteiger partial charge on any atom is 0.220 e. The molecule has 6 heteroatoms. The van der Waals surface area contributed by atoms with E-state index in [4.69, 9.17) is 22.1 Å². The van der Waals surface area contributed by atoms with Crippen LogP contribution in [0.4, 0.5) is 0 Å². The second-order valence-corrected chi connectivity index (χ2v) is 8.50. The predicted molar refractivity (Wildman–Crippen MR) is 113 cm³/mol. The maximum atomic E-state index is 12.7. The molecule has 0 spiro atoms. The number of hydrogen-bond acceptors (Lipinski definition) is 3. The summed E-state index contributed by atoms with van der Waals surface area (Å²) in [4.78, 5) is 12.7. The molecule has 2 fully saturated rings. The second-order valence-electron chi connectivity index (χ2n) is 8.09. The summed E-state index contributed by atoms with van der Waals surface area (Å²) in [5.74, 6) is 0.121. The molecule has 0 unspecified atom stereocenters. The lowest BCUT2D eigenvalue weighted by Crippen LogP contribution is -2.46. The molecule has 3 rings (SSSR count). The van der Waals surface area contributed by atoms with Gasteiger partial charge in [0.15, 0.2) is 0 Å². The first kappa shape index (κ1) is 22.5. The molecule has 152 valence electrons. The molecule has 3 N–H and O–H groups in total. The zero-order valence-electron chi connectivity index (χ0n) is 16.0. The molecule has 1 aliphatic heterocycles. The second kappa shape index (κ2) is 10.1. The Morgan fingerprint density at radius 3 is 2.41 bits per heavy atom. The van der Waals surface area contributed by atoms with Gasteiger partial charge in [-0.25, -0.2) is 0 Å². The van der Waals surface area contributed by atoms with Crippen molar-refractivity contribution in [3.05, 3.63) is 34.9 Å². The Morgan fingerprint density at radius 2 is 1.78 bits per heavy atom. The zero-order chi connectivity index (χ0) is 18.5. The molecule has 27 heavy (non-hydrogen) atoms. The van der Waals surface area contributed by atoms with Crippen molar-refractivity contribution in [3.63, 3.8) is 0 Å². The van der Waals surface area contributed by atoms with Crippen LogP contribution in [0.5, 0.6) is 0 Å². The van der Waals surface area contributed by atoms with Crippen molar-refractivity contribution in [3.8, 4) is 0 Å². The molecule has 0 bridgehead atoms. The van der Waals surface area contributed by atoms with Crippen LogP contribution in [0.15, 0.2) is 24.3 Å². The van der Waals surface area contributed by atoms with Crippen LogP contribution in [0.3, 0.4) is 0 Å². The van der Waals surface area contributed by atoms with Crippen molar-refractivity contribution in [1.29, 1.82) is 0 Å². The van der Waals surface area contributed by atoms with Gasteiger partial charge in [0.1, 0.15) is 0 Å². The summed E-state index contributed by atoms with van der Waals surface area (Å²) >= 11 is 6.49. The summed E-state index contributed by atoms with van der Waals surface area (Å²) in [5, 5.41) is 3.99. The highest BCUT2D eigenvalue weighted by Crippen LogP contribution is 2.40. The van der Waals surface area contributed by atoms with E-state index in [1.807, 2.05) is 18.2 Å². The topological polar surface area (TPSA) is 64.4 Å². The summed E-state index contributed by atoms with van der Waals surface area (Å²) in [6, 6.07) is 7.99. The minimum atomic E-state index is -0.144. The minimum Gasteiger partial charge on any atom is -0.381 e. The van der Waals surface area contributed by atoms with E-state index in [0.717, 1.165) is 36.3 Å². The number of carbonyl (C=O) groups excluding carboxylic acids is 1.